The Labute approximate surface area is 187 Å². The minimum absolute atomic E-state index is 0.113. The highest BCUT2D eigenvalue weighted by atomic mass is 16.1. The molecule has 158 valence electrons. The quantitative estimate of drug-likeness (QED) is 0.403. The number of nitrogens with zero attached hydrogens (tertiary/aromatic N) is 2. The number of anilines is 1. The standard InChI is InChI=1S/C27H24N4O/c32-26(14-9-19-5-2-1-3-6-19)28-17-20-7-4-8-21(15-20)22-10-13-25-24(16-22)27(30-18-29-25)31-23-11-12-23/h1-10,13-16,18,23H,11-12,17H2,(H,28,32)(H,29,30,31). The minimum Gasteiger partial charge on any atom is -0.367 e. The molecule has 5 heteroatoms. The second-order valence-electron chi connectivity index (χ2n) is 8.04. The maximum atomic E-state index is 12.2. The lowest BCUT2D eigenvalue weighted by Gasteiger charge is -2.10. The summed E-state index contributed by atoms with van der Waals surface area (Å²) in [5, 5.41) is 7.49. The van der Waals surface area contributed by atoms with Gasteiger partial charge in [-0.25, -0.2) is 9.97 Å². The van der Waals surface area contributed by atoms with Gasteiger partial charge in [-0.15, -0.1) is 0 Å². The molecule has 0 saturated heterocycles. The topological polar surface area (TPSA) is 66.9 Å². The number of carbonyl (C=O) groups excluding carboxylic acids is 1. The van der Waals surface area contributed by atoms with E-state index in [1.54, 1.807) is 12.4 Å². The van der Waals surface area contributed by atoms with Crippen molar-refractivity contribution >= 4 is 28.7 Å². The molecule has 1 aliphatic carbocycles. The van der Waals surface area contributed by atoms with Crippen LogP contribution >= 0.6 is 0 Å². The SMILES string of the molecule is O=C(C=Cc1ccccc1)NCc1cccc(-c2ccc3ncnc(NC4CC4)c3c2)c1. The molecule has 32 heavy (non-hydrogen) atoms. The van der Waals surface area contributed by atoms with Crippen molar-refractivity contribution < 1.29 is 4.79 Å². The van der Waals surface area contributed by atoms with E-state index in [9.17, 15) is 4.79 Å². The van der Waals surface area contributed by atoms with E-state index >= 15 is 0 Å². The highest BCUT2D eigenvalue weighted by Gasteiger charge is 2.22. The molecule has 2 N–H and O–H groups in total. The maximum absolute atomic E-state index is 12.2. The Morgan fingerprint density at radius 1 is 0.938 bits per heavy atom. The largest absolute Gasteiger partial charge is 0.367 e. The van der Waals surface area contributed by atoms with Crippen molar-refractivity contribution in [3.63, 3.8) is 0 Å². The van der Waals surface area contributed by atoms with Gasteiger partial charge in [-0.1, -0.05) is 54.6 Å². The van der Waals surface area contributed by atoms with Gasteiger partial charge in [0.25, 0.3) is 0 Å². The fraction of sp³-hybridized carbons (Fsp3) is 0.148. The zero-order chi connectivity index (χ0) is 21.8. The van der Waals surface area contributed by atoms with Gasteiger partial charge in [0.15, 0.2) is 0 Å². The summed E-state index contributed by atoms with van der Waals surface area (Å²) in [5.41, 5.74) is 5.17. The first-order valence-corrected chi connectivity index (χ1v) is 10.9. The number of amides is 1. The Hall–Kier alpha value is -3.99. The Kier molecular flexibility index (Phi) is 5.62. The first-order valence-electron chi connectivity index (χ1n) is 10.9. The van der Waals surface area contributed by atoms with Gasteiger partial charge in [0, 0.05) is 24.0 Å². The average Bonchev–Trinajstić information content (AvgIpc) is 3.66. The van der Waals surface area contributed by atoms with Gasteiger partial charge in [0.1, 0.15) is 12.1 Å². The van der Waals surface area contributed by atoms with Gasteiger partial charge in [0.2, 0.25) is 5.91 Å². The molecule has 1 fully saturated rings. The van der Waals surface area contributed by atoms with E-state index in [4.69, 9.17) is 0 Å². The Balaban J connectivity index is 1.31. The maximum Gasteiger partial charge on any atom is 0.244 e. The number of hydrogen-bond donors (Lipinski definition) is 2. The summed E-state index contributed by atoms with van der Waals surface area (Å²) < 4.78 is 0. The second kappa shape index (κ2) is 9.02. The number of carbonyl (C=O) groups is 1. The molecule has 1 saturated carbocycles. The molecule has 0 spiro atoms. The minimum atomic E-state index is -0.113. The number of benzene rings is 3. The van der Waals surface area contributed by atoms with Crippen molar-refractivity contribution in [2.45, 2.75) is 25.4 Å². The number of aromatic nitrogens is 2. The summed E-state index contributed by atoms with van der Waals surface area (Å²) in [4.78, 5) is 21.1. The van der Waals surface area contributed by atoms with Crippen LogP contribution in [0.3, 0.4) is 0 Å². The average molecular weight is 421 g/mol. The van der Waals surface area contributed by atoms with Crippen LogP contribution in [-0.4, -0.2) is 21.9 Å². The molecular weight excluding hydrogens is 396 g/mol. The van der Waals surface area contributed by atoms with E-state index in [0.29, 0.717) is 12.6 Å². The Morgan fingerprint density at radius 3 is 2.62 bits per heavy atom. The van der Waals surface area contributed by atoms with Crippen molar-refractivity contribution in [2.75, 3.05) is 5.32 Å². The van der Waals surface area contributed by atoms with Gasteiger partial charge >= 0.3 is 0 Å². The fourth-order valence-electron chi connectivity index (χ4n) is 3.62. The molecule has 1 heterocycles. The van der Waals surface area contributed by atoms with Crippen LogP contribution in [-0.2, 0) is 11.3 Å². The zero-order valence-corrected chi connectivity index (χ0v) is 17.7. The first-order chi connectivity index (χ1) is 15.7. The van der Waals surface area contributed by atoms with Gasteiger partial charge in [0.05, 0.1) is 5.52 Å². The number of hydrogen-bond acceptors (Lipinski definition) is 4. The van der Waals surface area contributed by atoms with Crippen molar-refractivity contribution in [3.05, 3.63) is 96.3 Å². The highest BCUT2D eigenvalue weighted by Crippen LogP contribution is 2.30. The fourth-order valence-corrected chi connectivity index (χ4v) is 3.62. The van der Waals surface area contributed by atoms with Crippen LogP contribution in [0.2, 0.25) is 0 Å². The van der Waals surface area contributed by atoms with Crippen molar-refractivity contribution in [1.29, 1.82) is 0 Å². The van der Waals surface area contributed by atoms with Crippen LogP contribution in [0, 0.1) is 0 Å². The third-order valence-electron chi connectivity index (χ3n) is 5.51. The summed E-state index contributed by atoms with van der Waals surface area (Å²) >= 11 is 0. The van der Waals surface area contributed by atoms with Gasteiger partial charge in [-0.3, -0.25) is 4.79 Å². The van der Waals surface area contributed by atoms with E-state index in [1.165, 1.54) is 12.8 Å². The molecule has 1 aromatic heterocycles. The van der Waals surface area contributed by atoms with Crippen LogP contribution < -0.4 is 10.6 Å². The van der Waals surface area contributed by atoms with Crippen LogP contribution in [0.4, 0.5) is 5.82 Å². The monoisotopic (exact) mass is 420 g/mol. The molecule has 0 radical (unpaired) electrons. The smallest absolute Gasteiger partial charge is 0.244 e. The normalized spacial score (nSPS) is 13.4. The second-order valence-corrected chi connectivity index (χ2v) is 8.04. The van der Waals surface area contributed by atoms with Gasteiger partial charge in [-0.2, -0.15) is 0 Å². The summed E-state index contributed by atoms with van der Waals surface area (Å²) in [7, 11) is 0. The molecule has 1 aliphatic rings. The molecule has 1 amide bonds. The van der Waals surface area contributed by atoms with E-state index < -0.39 is 0 Å². The molecule has 3 aromatic carbocycles. The van der Waals surface area contributed by atoms with Crippen LogP contribution in [0.5, 0.6) is 0 Å². The predicted molar refractivity (Wildman–Crippen MR) is 129 cm³/mol. The highest BCUT2D eigenvalue weighted by molar-refractivity contribution is 5.93. The van der Waals surface area contributed by atoms with Crippen molar-refractivity contribution in [3.8, 4) is 11.1 Å². The molecule has 5 rings (SSSR count). The van der Waals surface area contributed by atoms with E-state index in [1.807, 2.05) is 54.6 Å². The van der Waals surface area contributed by atoms with E-state index in [-0.39, 0.29) is 5.91 Å². The van der Waals surface area contributed by atoms with Crippen LogP contribution in [0.25, 0.3) is 28.1 Å². The number of nitrogens with one attached hydrogen (secondary N) is 2. The molecule has 0 unspecified atom stereocenters. The summed E-state index contributed by atoms with van der Waals surface area (Å²) in [6.45, 7) is 0.469. The third-order valence-corrected chi connectivity index (χ3v) is 5.51. The Bertz CT molecular complexity index is 1280. The molecule has 4 aromatic rings. The lowest BCUT2D eigenvalue weighted by molar-refractivity contribution is -0.116. The van der Waals surface area contributed by atoms with Gasteiger partial charge in [-0.05, 0) is 59.4 Å². The molecule has 0 atom stereocenters. The van der Waals surface area contributed by atoms with Crippen LogP contribution in [0.1, 0.15) is 24.0 Å². The predicted octanol–water partition coefficient (Wildman–Crippen LogP) is 5.20. The first kappa shape index (κ1) is 19.9. The van der Waals surface area contributed by atoms with Crippen molar-refractivity contribution in [1.82, 2.24) is 15.3 Å². The lowest BCUT2D eigenvalue weighted by Crippen LogP contribution is -2.20. The molecule has 5 nitrogen and oxygen atoms in total. The van der Waals surface area contributed by atoms with E-state index in [0.717, 1.165) is 39.0 Å². The Morgan fingerprint density at radius 2 is 1.78 bits per heavy atom. The summed E-state index contributed by atoms with van der Waals surface area (Å²) in [5.74, 6) is 0.783. The summed E-state index contributed by atoms with van der Waals surface area (Å²) in [6.07, 6.45) is 7.38. The van der Waals surface area contributed by atoms with Gasteiger partial charge < -0.3 is 10.6 Å². The third kappa shape index (κ3) is 4.83. The number of rotatable bonds is 7. The van der Waals surface area contributed by atoms with E-state index in [2.05, 4.69) is 44.9 Å². The zero-order valence-electron chi connectivity index (χ0n) is 17.7. The number of fused-ring (bicyclic) bond motifs is 1. The lowest BCUT2D eigenvalue weighted by atomic mass is 10.0. The van der Waals surface area contributed by atoms with Crippen molar-refractivity contribution in [2.24, 2.45) is 0 Å². The molecule has 0 aliphatic heterocycles. The summed E-state index contributed by atoms with van der Waals surface area (Å²) in [6, 6.07) is 24.8. The van der Waals surface area contributed by atoms with Crippen LogP contribution in [0.15, 0.2) is 85.2 Å². The molecular formula is C27H24N4O. The molecule has 0 bridgehead atoms.